The molecule has 3 rings (SSSR count). The van der Waals surface area contributed by atoms with Gasteiger partial charge in [-0.05, 0) is 31.9 Å². The Morgan fingerprint density at radius 3 is 2.81 bits per heavy atom. The summed E-state index contributed by atoms with van der Waals surface area (Å²) in [5.74, 6) is 4.02. The van der Waals surface area contributed by atoms with Crippen molar-refractivity contribution in [3.8, 4) is 11.5 Å². The standard InChI is InChI=1S/C18H26N6O2/c1-4-19-18(21-13-8-9-14(25-2)15(11-13)26-3)20-12-17-23-22-16-7-5-6-10-24(16)17/h8-9,11H,4-7,10,12H2,1-3H3,(H2,19,20,21). The summed E-state index contributed by atoms with van der Waals surface area (Å²) in [6.07, 6.45) is 3.36. The van der Waals surface area contributed by atoms with Crippen LogP contribution in [0.3, 0.4) is 0 Å². The van der Waals surface area contributed by atoms with Crippen molar-refractivity contribution in [2.45, 2.75) is 39.3 Å². The molecule has 1 aliphatic heterocycles. The first-order chi connectivity index (χ1) is 12.7. The molecule has 8 nitrogen and oxygen atoms in total. The van der Waals surface area contributed by atoms with E-state index in [2.05, 4.69) is 30.4 Å². The van der Waals surface area contributed by atoms with Crippen LogP contribution in [0.25, 0.3) is 0 Å². The summed E-state index contributed by atoms with van der Waals surface area (Å²) in [6, 6.07) is 5.66. The molecule has 0 aliphatic carbocycles. The number of ether oxygens (including phenoxy) is 2. The second-order valence-corrected chi connectivity index (χ2v) is 6.03. The Morgan fingerprint density at radius 1 is 1.19 bits per heavy atom. The fourth-order valence-corrected chi connectivity index (χ4v) is 2.99. The fraction of sp³-hybridized carbons (Fsp3) is 0.500. The third kappa shape index (κ3) is 4.07. The van der Waals surface area contributed by atoms with Gasteiger partial charge in [-0.15, -0.1) is 10.2 Å². The van der Waals surface area contributed by atoms with Gasteiger partial charge in [0.2, 0.25) is 0 Å². The maximum Gasteiger partial charge on any atom is 0.196 e. The van der Waals surface area contributed by atoms with Gasteiger partial charge in [0.05, 0.1) is 14.2 Å². The largest absolute Gasteiger partial charge is 0.493 e. The molecule has 1 aromatic heterocycles. The number of nitrogens with one attached hydrogen (secondary N) is 2. The van der Waals surface area contributed by atoms with E-state index < -0.39 is 0 Å². The number of guanidine groups is 1. The van der Waals surface area contributed by atoms with Crippen LogP contribution in [-0.4, -0.2) is 41.5 Å². The topological polar surface area (TPSA) is 85.6 Å². The molecule has 2 N–H and O–H groups in total. The number of methoxy groups -OCH3 is 2. The van der Waals surface area contributed by atoms with Crippen molar-refractivity contribution < 1.29 is 9.47 Å². The molecule has 0 radical (unpaired) electrons. The highest BCUT2D eigenvalue weighted by molar-refractivity contribution is 5.93. The molecule has 1 aromatic carbocycles. The number of nitrogens with zero attached hydrogens (tertiary/aromatic N) is 4. The van der Waals surface area contributed by atoms with Crippen molar-refractivity contribution in [3.05, 3.63) is 29.8 Å². The summed E-state index contributed by atoms with van der Waals surface area (Å²) in [6.45, 7) is 4.25. The van der Waals surface area contributed by atoms with E-state index >= 15 is 0 Å². The van der Waals surface area contributed by atoms with Crippen molar-refractivity contribution in [2.75, 3.05) is 26.1 Å². The first-order valence-corrected chi connectivity index (χ1v) is 8.93. The van der Waals surface area contributed by atoms with Crippen LogP contribution in [0.15, 0.2) is 23.2 Å². The van der Waals surface area contributed by atoms with E-state index in [9.17, 15) is 0 Å². The number of anilines is 1. The first-order valence-electron chi connectivity index (χ1n) is 8.93. The Labute approximate surface area is 153 Å². The third-order valence-corrected chi connectivity index (χ3v) is 4.31. The fourth-order valence-electron chi connectivity index (χ4n) is 2.99. The molecule has 0 bridgehead atoms. The van der Waals surface area contributed by atoms with Gasteiger partial charge in [-0.1, -0.05) is 0 Å². The predicted octanol–water partition coefficient (Wildman–Crippen LogP) is 2.21. The van der Waals surface area contributed by atoms with E-state index in [-0.39, 0.29) is 0 Å². The zero-order valence-corrected chi connectivity index (χ0v) is 15.6. The molecule has 2 heterocycles. The number of hydrogen-bond donors (Lipinski definition) is 2. The molecule has 140 valence electrons. The summed E-state index contributed by atoms with van der Waals surface area (Å²) in [7, 11) is 3.24. The van der Waals surface area contributed by atoms with Crippen LogP contribution in [0.4, 0.5) is 5.69 Å². The van der Waals surface area contributed by atoms with Crippen LogP contribution in [0, 0.1) is 0 Å². The molecule has 0 unspecified atom stereocenters. The van der Waals surface area contributed by atoms with E-state index in [1.807, 2.05) is 25.1 Å². The van der Waals surface area contributed by atoms with Crippen molar-refractivity contribution in [2.24, 2.45) is 4.99 Å². The van der Waals surface area contributed by atoms with Crippen molar-refractivity contribution in [1.29, 1.82) is 0 Å². The summed E-state index contributed by atoms with van der Waals surface area (Å²) in [5, 5.41) is 15.1. The van der Waals surface area contributed by atoms with Gasteiger partial charge in [0.15, 0.2) is 23.3 Å². The zero-order valence-electron chi connectivity index (χ0n) is 15.6. The smallest absolute Gasteiger partial charge is 0.196 e. The average molecular weight is 358 g/mol. The van der Waals surface area contributed by atoms with Crippen LogP contribution in [-0.2, 0) is 19.5 Å². The van der Waals surface area contributed by atoms with Crippen molar-refractivity contribution in [1.82, 2.24) is 20.1 Å². The normalized spacial score (nSPS) is 13.9. The summed E-state index contributed by atoms with van der Waals surface area (Å²) in [4.78, 5) is 4.66. The maximum atomic E-state index is 5.35. The van der Waals surface area contributed by atoms with E-state index in [0.717, 1.165) is 36.8 Å². The molecule has 0 fully saturated rings. The highest BCUT2D eigenvalue weighted by Gasteiger charge is 2.15. The highest BCUT2D eigenvalue weighted by Crippen LogP contribution is 2.29. The van der Waals surface area contributed by atoms with E-state index in [0.29, 0.717) is 24.0 Å². The van der Waals surface area contributed by atoms with Crippen LogP contribution in [0.1, 0.15) is 31.4 Å². The number of aromatic nitrogens is 3. The molecule has 8 heteroatoms. The average Bonchev–Trinajstić information content (AvgIpc) is 3.09. The molecular formula is C18H26N6O2. The quantitative estimate of drug-likeness (QED) is 0.608. The van der Waals surface area contributed by atoms with Gasteiger partial charge >= 0.3 is 0 Å². The van der Waals surface area contributed by atoms with Gasteiger partial charge in [0.25, 0.3) is 0 Å². The predicted molar refractivity (Wildman–Crippen MR) is 101 cm³/mol. The lowest BCUT2D eigenvalue weighted by Gasteiger charge is -2.15. The van der Waals surface area contributed by atoms with Crippen molar-refractivity contribution in [3.63, 3.8) is 0 Å². The van der Waals surface area contributed by atoms with Gasteiger partial charge in [-0.3, -0.25) is 0 Å². The van der Waals surface area contributed by atoms with Gasteiger partial charge in [-0.25, -0.2) is 4.99 Å². The lowest BCUT2D eigenvalue weighted by atomic mass is 10.2. The number of aliphatic imine (C=N–C) groups is 1. The Kier molecular flexibility index (Phi) is 5.93. The Morgan fingerprint density at radius 2 is 2.04 bits per heavy atom. The second-order valence-electron chi connectivity index (χ2n) is 6.03. The lowest BCUT2D eigenvalue weighted by Crippen LogP contribution is -2.30. The minimum absolute atomic E-state index is 0.482. The molecule has 2 aromatic rings. The molecule has 0 spiro atoms. The van der Waals surface area contributed by atoms with E-state index in [4.69, 9.17) is 9.47 Å². The number of benzene rings is 1. The monoisotopic (exact) mass is 358 g/mol. The molecule has 0 atom stereocenters. The molecular weight excluding hydrogens is 332 g/mol. The summed E-state index contributed by atoms with van der Waals surface area (Å²) >= 11 is 0. The minimum Gasteiger partial charge on any atom is -0.493 e. The van der Waals surface area contributed by atoms with Crippen LogP contribution in [0.2, 0.25) is 0 Å². The van der Waals surface area contributed by atoms with Crippen molar-refractivity contribution >= 4 is 11.6 Å². The zero-order chi connectivity index (χ0) is 18.4. The molecule has 26 heavy (non-hydrogen) atoms. The number of hydrogen-bond acceptors (Lipinski definition) is 5. The first kappa shape index (κ1) is 18.0. The Bertz CT molecular complexity index is 771. The third-order valence-electron chi connectivity index (χ3n) is 4.31. The molecule has 0 saturated carbocycles. The van der Waals surface area contributed by atoms with E-state index in [1.54, 1.807) is 14.2 Å². The SMILES string of the molecule is CCNC(=NCc1nnc2n1CCCC2)Nc1ccc(OC)c(OC)c1. The molecule has 1 aliphatic rings. The Balaban J connectivity index is 1.74. The van der Waals surface area contributed by atoms with E-state index in [1.165, 1.54) is 12.8 Å². The van der Waals surface area contributed by atoms with Gasteiger partial charge < -0.3 is 24.7 Å². The van der Waals surface area contributed by atoms with Gasteiger partial charge in [0, 0.05) is 31.3 Å². The highest BCUT2D eigenvalue weighted by atomic mass is 16.5. The lowest BCUT2D eigenvalue weighted by molar-refractivity contribution is 0.355. The van der Waals surface area contributed by atoms with Gasteiger partial charge in [-0.2, -0.15) is 0 Å². The molecule has 0 saturated heterocycles. The minimum atomic E-state index is 0.482. The number of rotatable bonds is 6. The van der Waals surface area contributed by atoms with Crippen LogP contribution in [0.5, 0.6) is 11.5 Å². The summed E-state index contributed by atoms with van der Waals surface area (Å²) < 4.78 is 12.8. The van der Waals surface area contributed by atoms with Crippen LogP contribution >= 0.6 is 0 Å². The van der Waals surface area contributed by atoms with Gasteiger partial charge in [0.1, 0.15) is 12.4 Å². The number of fused-ring (bicyclic) bond motifs is 1. The number of aryl methyl sites for hydroxylation is 1. The molecule has 0 amide bonds. The Hall–Kier alpha value is -2.77. The summed E-state index contributed by atoms with van der Waals surface area (Å²) in [5.41, 5.74) is 0.866. The van der Waals surface area contributed by atoms with Crippen LogP contribution < -0.4 is 20.1 Å². The second kappa shape index (κ2) is 8.55. The maximum absolute atomic E-state index is 5.35.